The Labute approximate surface area is 168 Å². The van der Waals surface area contributed by atoms with Gasteiger partial charge in [0.25, 0.3) is 0 Å². The molecule has 0 aliphatic carbocycles. The molecule has 4 rings (SSSR count). The highest BCUT2D eigenvalue weighted by atomic mass is 16.5. The van der Waals surface area contributed by atoms with Crippen molar-refractivity contribution in [1.29, 1.82) is 0 Å². The largest absolute Gasteiger partial charge is 0.454 e. The standard InChI is InChI=1S/C24H21NO4/c1-16(23(27)18-9-3-2-4-10-18)29-24(28)19-14-22(26)25(15-19)21-13-7-11-17-8-5-6-12-20(17)21/h2-13,16,19H,14-15H2,1H3/t16-,19+/m0/s1. The van der Waals surface area contributed by atoms with Crippen molar-refractivity contribution >= 4 is 34.1 Å². The van der Waals surface area contributed by atoms with Crippen LogP contribution in [0.2, 0.25) is 0 Å². The number of hydrogen-bond acceptors (Lipinski definition) is 4. The van der Waals surface area contributed by atoms with E-state index < -0.39 is 18.0 Å². The zero-order valence-electron chi connectivity index (χ0n) is 16.1. The number of Topliss-reactive ketones (excluding diaryl/α,β-unsaturated/α-hetero) is 1. The Hall–Kier alpha value is -3.47. The third-order valence-corrected chi connectivity index (χ3v) is 5.24. The molecule has 1 aliphatic rings. The zero-order chi connectivity index (χ0) is 20.4. The molecule has 0 spiro atoms. The number of benzene rings is 3. The molecule has 3 aromatic rings. The summed E-state index contributed by atoms with van der Waals surface area (Å²) in [6.07, 6.45) is -0.819. The molecular weight excluding hydrogens is 366 g/mol. The van der Waals surface area contributed by atoms with Crippen LogP contribution in [0.1, 0.15) is 23.7 Å². The predicted molar refractivity (Wildman–Crippen MR) is 111 cm³/mol. The molecule has 1 fully saturated rings. The molecule has 3 aromatic carbocycles. The fourth-order valence-corrected chi connectivity index (χ4v) is 3.70. The Morgan fingerprint density at radius 2 is 1.66 bits per heavy atom. The van der Waals surface area contributed by atoms with E-state index in [1.165, 1.54) is 0 Å². The Kier molecular flexibility index (Phi) is 5.12. The van der Waals surface area contributed by atoms with Gasteiger partial charge in [-0.3, -0.25) is 14.4 Å². The predicted octanol–water partition coefficient (Wildman–Crippen LogP) is 4.01. The van der Waals surface area contributed by atoms with Gasteiger partial charge in [-0.25, -0.2) is 0 Å². The van der Waals surface area contributed by atoms with Crippen molar-refractivity contribution < 1.29 is 19.1 Å². The summed E-state index contributed by atoms with van der Waals surface area (Å²) >= 11 is 0. The average molecular weight is 387 g/mol. The van der Waals surface area contributed by atoms with Gasteiger partial charge in [0.05, 0.1) is 11.6 Å². The minimum Gasteiger partial charge on any atom is -0.454 e. The van der Waals surface area contributed by atoms with Crippen LogP contribution < -0.4 is 4.90 Å². The van der Waals surface area contributed by atoms with E-state index in [-0.39, 0.29) is 24.7 Å². The first kappa shape index (κ1) is 18.9. The Morgan fingerprint density at radius 1 is 0.966 bits per heavy atom. The molecular formula is C24H21NO4. The van der Waals surface area contributed by atoms with Gasteiger partial charge in [-0.2, -0.15) is 0 Å². The van der Waals surface area contributed by atoms with E-state index >= 15 is 0 Å². The second-order valence-electron chi connectivity index (χ2n) is 7.21. The van der Waals surface area contributed by atoms with E-state index in [9.17, 15) is 14.4 Å². The van der Waals surface area contributed by atoms with Crippen LogP contribution >= 0.6 is 0 Å². The highest BCUT2D eigenvalue weighted by Crippen LogP contribution is 2.32. The van der Waals surface area contributed by atoms with Gasteiger partial charge in [0, 0.05) is 23.9 Å². The minimum atomic E-state index is -0.897. The van der Waals surface area contributed by atoms with Crippen molar-refractivity contribution in [2.75, 3.05) is 11.4 Å². The van der Waals surface area contributed by atoms with Gasteiger partial charge in [-0.05, 0) is 18.4 Å². The summed E-state index contributed by atoms with van der Waals surface area (Å²) in [7, 11) is 0. The first-order valence-corrected chi connectivity index (χ1v) is 9.62. The summed E-state index contributed by atoms with van der Waals surface area (Å²) in [5.41, 5.74) is 1.28. The topological polar surface area (TPSA) is 63.7 Å². The highest BCUT2D eigenvalue weighted by Gasteiger charge is 2.37. The van der Waals surface area contributed by atoms with Gasteiger partial charge in [-0.1, -0.05) is 66.7 Å². The number of esters is 1. The molecule has 0 N–H and O–H groups in total. The lowest BCUT2D eigenvalue weighted by Crippen LogP contribution is -2.30. The summed E-state index contributed by atoms with van der Waals surface area (Å²) in [4.78, 5) is 39.3. The van der Waals surface area contributed by atoms with E-state index in [1.54, 1.807) is 36.1 Å². The van der Waals surface area contributed by atoms with E-state index in [2.05, 4.69) is 0 Å². The number of fused-ring (bicyclic) bond motifs is 1. The van der Waals surface area contributed by atoms with Crippen LogP contribution in [-0.2, 0) is 14.3 Å². The molecule has 0 radical (unpaired) electrons. The summed E-state index contributed by atoms with van der Waals surface area (Å²) in [6, 6.07) is 22.3. The number of carbonyl (C=O) groups is 3. The van der Waals surface area contributed by atoms with Crippen LogP contribution in [0.25, 0.3) is 10.8 Å². The van der Waals surface area contributed by atoms with E-state index in [0.717, 1.165) is 16.5 Å². The average Bonchev–Trinajstić information content (AvgIpc) is 3.15. The quantitative estimate of drug-likeness (QED) is 0.490. The molecule has 0 saturated carbocycles. The summed E-state index contributed by atoms with van der Waals surface area (Å²) in [5, 5.41) is 2.00. The first-order valence-electron chi connectivity index (χ1n) is 9.62. The van der Waals surface area contributed by atoms with Gasteiger partial charge >= 0.3 is 5.97 Å². The normalized spacial score (nSPS) is 17.3. The number of hydrogen-bond donors (Lipinski definition) is 0. The Bertz CT molecular complexity index is 1070. The molecule has 1 aliphatic heterocycles. The Morgan fingerprint density at radius 3 is 2.45 bits per heavy atom. The second kappa shape index (κ2) is 7.87. The fraction of sp³-hybridized carbons (Fsp3) is 0.208. The molecule has 146 valence electrons. The lowest BCUT2D eigenvalue weighted by Gasteiger charge is -2.19. The SMILES string of the molecule is C[C@H](OC(=O)[C@@H]1CC(=O)N(c2cccc3ccccc23)C1)C(=O)c1ccccc1. The molecule has 29 heavy (non-hydrogen) atoms. The molecule has 5 heteroatoms. The lowest BCUT2D eigenvalue weighted by atomic mass is 10.1. The maximum atomic E-state index is 12.6. The molecule has 1 heterocycles. The van der Waals surface area contributed by atoms with Gasteiger partial charge in [-0.15, -0.1) is 0 Å². The number of ketones is 1. The van der Waals surface area contributed by atoms with E-state index in [4.69, 9.17) is 4.74 Å². The van der Waals surface area contributed by atoms with Crippen LogP contribution in [0, 0.1) is 5.92 Å². The van der Waals surface area contributed by atoms with Crippen molar-refractivity contribution in [2.24, 2.45) is 5.92 Å². The lowest BCUT2D eigenvalue weighted by molar-refractivity contribution is -0.151. The number of rotatable bonds is 5. The molecule has 1 saturated heterocycles. The third kappa shape index (κ3) is 3.76. The van der Waals surface area contributed by atoms with E-state index in [1.807, 2.05) is 48.5 Å². The molecule has 0 bridgehead atoms. The van der Waals surface area contributed by atoms with Crippen LogP contribution in [0.15, 0.2) is 72.8 Å². The van der Waals surface area contributed by atoms with Crippen LogP contribution in [-0.4, -0.2) is 30.3 Å². The summed E-state index contributed by atoms with van der Waals surface area (Å²) < 4.78 is 5.40. The molecule has 2 atom stereocenters. The van der Waals surface area contributed by atoms with Crippen molar-refractivity contribution in [2.45, 2.75) is 19.4 Å². The monoisotopic (exact) mass is 387 g/mol. The fourth-order valence-electron chi connectivity index (χ4n) is 3.70. The third-order valence-electron chi connectivity index (χ3n) is 5.24. The Balaban J connectivity index is 1.47. The number of anilines is 1. The van der Waals surface area contributed by atoms with Crippen LogP contribution in [0.5, 0.6) is 0 Å². The molecule has 1 amide bonds. The van der Waals surface area contributed by atoms with Gasteiger partial charge in [0.1, 0.15) is 0 Å². The number of nitrogens with zero attached hydrogens (tertiary/aromatic N) is 1. The smallest absolute Gasteiger partial charge is 0.312 e. The highest BCUT2D eigenvalue weighted by molar-refractivity contribution is 6.07. The molecule has 0 unspecified atom stereocenters. The van der Waals surface area contributed by atoms with E-state index in [0.29, 0.717) is 5.56 Å². The minimum absolute atomic E-state index is 0.0777. The maximum absolute atomic E-state index is 12.6. The second-order valence-corrected chi connectivity index (χ2v) is 7.21. The van der Waals surface area contributed by atoms with Crippen molar-refractivity contribution in [3.8, 4) is 0 Å². The van der Waals surface area contributed by atoms with Crippen molar-refractivity contribution in [1.82, 2.24) is 0 Å². The van der Waals surface area contributed by atoms with Gasteiger partial charge < -0.3 is 9.64 Å². The maximum Gasteiger partial charge on any atom is 0.312 e. The van der Waals surface area contributed by atoms with Gasteiger partial charge in [0.15, 0.2) is 6.10 Å². The number of carbonyl (C=O) groups excluding carboxylic acids is 3. The molecule has 5 nitrogen and oxygen atoms in total. The molecule has 0 aromatic heterocycles. The van der Waals surface area contributed by atoms with Gasteiger partial charge in [0.2, 0.25) is 11.7 Å². The number of amides is 1. The van der Waals surface area contributed by atoms with Crippen molar-refractivity contribution in [3.05, 3.63) is 78.4 Å². The first-order chi connectivity index (χ1) is 14.0. The van der Waals surface area contributed by atoms with Crippen molar-refractivity contribution in [3.63, 3.8) is 0 Å². The van der Waals surface area contributed by atoms with Crippen LogP contribution in [0.4, 0.5) is 5.69 Å². The van der Waals surface area contributed by atoms with Crippen LogP contribution in [0.3, 0.4) is 0 Å². The zero-order valence-corrected chi connectivity index (χ0v) is 16.1. The summed E-state index contributed by atoms with van der Waals surface area (Å²) in [5.74, 6) is -1.48. The number of ether oxygens (including phenoxy) is 1. The summed E-state index contributed by atoms with van der Waals surface area (Å²) in [6.45, 7) is 1.81.